The van der Waals surface area contributed by atoms with Crippen LogP contribution >= 0.6 is 0 Å². The molecule has 0 spiro atoms. The molecule has 3 fully saturated rings. The molecule has 1 aromatic heterocycles. The average molecular weight is 866 g/mol. The third-order valence-electron chi connectivity index (χ3n) is 12.4. The van der Waals surface area contributed by atoms with Crippen LogP contribution in [0.3, 0.4) is 0 Å². The van der Waals surface area contributed by atoms with Gasteiger partial charge in [0.15, 0.2) is 5.60 Å². The fourth-order valence-electron chi connectivity index (χ4n) is 7.89. The van der Waals surface area contributed by atoms with Crippen molar-refractivity contribution >= 4 is 44.6 Å². The number of carbonyl (C=O) groups excluding carboxylic acids is 4. The molecule has 1 saturated heterocycles. The quantitative estimate of drug-likeness (QED) is 0.259. The van der Waals surface area contributed by atoms with Crippen molar-refractivity contribution in [1.82, 2.24) is 25.2 Å². The second-order valence-corrected chi connectivity index (χ2v) is 19.4. The van der Waals surface area contributed by atoms with Gasteiger partial charge in [-0.25, -0.2) is 26.4 Å². The second kappa shape index (κ2) is 16.6. The normalized spacial score (nSPS) is 28.8. The number of allylic oxidation sites excluding steroid dienone is 1. The predicted octanol–water partition coefficient (Wildman–Crippen LogP) is 4.96. The van der Waals surface area contributed by atoms with Crippen molar-refractivity contribution in [1.29, 1.82) is 0 Å². The van der Waals surface area contributed by atoms with Gasteiger partial charge in [0.05, 0.1) is 20.8 Å². The Morgan fingerprint density at radius 2 is 1.78 bits per heavy atom. The van der Waals surface area contributed by atoms with Gasteiger partial charge in [-0.2, -0.15) is 4.98 Å². The minimum absolute atomic E-state index is 0.0246. The van der Waals surface area contributed by atoms with Crippen LogP contribution < -0.4 is 29.6 Å². The highest BCUT2D eigenvalue weighted by Crippen LogP contribution is 2.48. The Bertz CT molecular complexity index is 2140. The highest BCUT2D eigenvalue weighted by atomic mass is 32.2. The molecule has 3 heterocycles. The van der Waals surface area contributed by atoms with Gasteiger partial charge < -0.3 is 34.5 Å². The molecule has 2 saturated carbocycles. The average Bonchev–Trinajstić information content (AvgIpc) is 4.08. The molecule has 4 amide bonds. The van der Waals surface area contributed by atoms with Gasteiger partial charge in [0.2, 0.25) is 33.6 Å². The van der Waals surface area contributed by atoms with E-state index in [1.165, 1.54) is 19.1 Å². The molecule has 1 aromatic carbocycles. The zero-order chi connectivity index (χ0) is 44.0. The summed E-state index contributed by atoms with van der Waals surface area (Å²) in [5.74, 6) is -6.40. The number of alkyl carbamates (subject to hydrolysis) is 1. The molecule has 330 valence electrons. The molecule has 7 atom stereocenters. The SMILES string of the molecule is COc1ccc2c(O[C@@H]3C[C@H]4C(=O)N[C@]5(C(=O)NS(=O)(=O)C6(CF)CC6)C[C@H]5/C=C\CC[C@@H](C)C[C@@H](C)[C@H](NC(=O)OC(C)(C)C(C)(F)F)C(=O)N4C3)nc(OC)cc2c1. The molecule has 15 nitrogen and oxygen atoms in total. The number of hydrogen-bond donors (Lipinski definition) is 3. The lowest BCUT2D eigenvalue weighted by atomic mass is 9.88. The summed E-state index contributed by atoms with van der Waals surface area (Å²) < 4.78 is 91.9. The van der Waals surface area contributed by atoms with E-state index in [1.54, 1.807) is 37.3 Å². The summed E-state index contributed by atoms with van der Waals surface area (Å²) in [5.41, 5.74) is -4.00. The highest BCUT2D eigenvalue weighted by molar-refractivity contribution is 7.91. The summed E-state index contributed by atoms with van der Waals surface area (Å²) in [6.45, 7) is 4.98. The van der Waals surface area contributed by atoms with Gasteiger partial charge in [-0.3, -0.25) is 19.1 Å². The lowest BCUT2D eigenvalue weighted by molar-refractivity contribution is -0.152. The standard InChI is InChI=1S/C41H54F3N5O10S/c1-23-10-8-9-11-26-20-41(26,36(52)48-60(54,55)40(22-42)14-15-40)47-33(50)30-19-28(58-34-29-13-12-27(56-6)17-25(29)18-31(45-34)57-7)21-49(30)35(51)32(24(2)16-23)46-37(53)59-38(3,4)39(5,43)44/h9,11-13,17-18,23-24,26,28,30,32H,8,10,14-16,19-22H2,1-7H3,(H,46,53)(H,47,50)(H,48,52)/b11-9-/t23-,24-,26-,28-,30+,32+,41-/m1/s1. The van der Waals surface area contributed by atoms with Crippen LogP contribution in [0.2, 0.25) is 0 Å². The fourth-order valence-corrected chi connectivity index (χ4v) is 9.31. The van der Waals surface area contributed by atoms with E-state index >= 15 is 0 Å². The Balaban J connectivity index is 1.37. The van der Waals surface area contributed by atoms with Crippen LogP contribution in [-0.4, -0.2) is 110 Å². The number of ether oxygens (including phenoxy) is 4. The van der Waals surface area contributed by atoms with E-state index in [0.717, 1.165) is 13.8 Å². The Kier molecular flexibility index (Phi) is 12.4. The zero-order valence-corrected chi connectivity index (χ0v) is 35.6. The van der Waals surface area contributed by atoms with Gasteiger partial charge in [0.25, 0.3) is 11.8 Å². The van der Waals surface area contributed by atoms with Crippen molar-refractivity contribution in [2.24, 2.45) is 17.8 Å². The smallest absolute Gasteiger partial charge is 0.408 e. The summed E-state index contributed by atoms with van der Waals surface area (Å²) in [5, 5.41) is 6.49. The number of benzene rings is 1. The van der Waals surface area contributed by atoms with Crippen LogP contribution in [0.15, 0.2) is 36.4 Å². The van der Waals surface area contributed by atoms with Crippen LogP contribution in [0, 0.1) is 17.8 Å². The van der Waals surface area contributed by atoms with Crippen LogP contribution in [-0.2, 0) is 29.1 Å². The molecule has 2 aliphatic heterocycles. The molecule has 3 N–H and O–H groups in total. The van der Waals surface area contributed by atoms with Crippen LogP contribution in [0.4, 0.5) is 18.0 Å². The van der Waals surface area contributed by atoms with E-state index in [0.29, 0.717) is 42.7 Å². The van der Waals surface area contributed by atoms with Crippen molar-refractivity contribution in [3.63, 3.8) is 0 Å². The topological polar surface area (TPSA) is 192 Å². The van der Waals surface area contributed by atoms with Crippen molar-refractivity contribution in [2.75, 3.05) is 27.4 Å². The molecule has 19 heteroatoms. The van der Waals surface area contributed by atoms with E-state index in [4.69, 9.17) is 18.9 Å². The number of amides is 4. The fraction of sp³-hybridized carbons (Fsp3) is 0.634. The summed E-state index contributed by atoms with van der Waals surface area (Å²) in [6, 6.07) is 4.14. The van der Waals surface area contributed by atoms with Gasteiger partial charge in [-0.15, -0.1) is 0 Å². The van der Waals surface area contributed by atoms with Gasteiger partial charge in [-0.05, 0) is 87.8 Å². The molecular weight excluding hydrogens is 812 g/mol. The van der Waals surface area contributed by atoms with Gasteiger partial charge in [-0.1, -0.05) is 26.0 Å². The number of alkyl halides is 3. The van der Waals surface area contributed by atoms with Crippen LogP contribution in [0.1, 0.15) is 79.6 Å². The first-order chi connectivity index (χ1) is 28.1. The van der Waals surface area contributed by atoms with Gasteiger partial charge >= 0.3 is 6.09 Å². The van der Waals surface area contributed by atoms with Crippen molar-refractivity contribution in [2.45, 2.75) is 120 Å². The molecular formula is C41H54F3N5O10S. The highest BCUT2D eigenvalue weighted by Gasteiger charge is 2.64. The molecule has 0 bridgehead atoms. The van der Waals surface area contributed by atoms with Crippen molar-refractivity contribution < 1.29 is 59.7 Å². The van der Waals surface area contributed by atoms with E-state index < -0.39 is 92.3 Å². The number of nitrogens with zero attached hydrogens (tertiary/aromatic N) is 2. The van der Waals surface area contributed by atoms with E-state index in [9.17, 15) is 40.8 Å². The Morgan fingerprint density at radius 1 is 1.07 bits per heavy atom. The molecule has 0 radical (unpaired) electrons. The van der Waals surface area contributed by atoms with E-state index in [2.05, 4.69) is 15.6 Å². The number of hydrogen-bond acceptors (Lipinski definition) is 11. The number of sulfonamides is 1. The van der Waals surface area contributed by atoms with Crippen LogP contribution in [0.25, 0.3) is 10.8 Å². The number of fused-ring (bicyclic) bond motifs is 3. The number of nitrogens with one attached hydrogen (secondary N) is 3. The van der Waals surface area contributed by atoms with Gasteiger partial charge in [0.1, 0.15) is 40.9 Å². The Hall–Kier alpha value is -4.81. The summed E-state index contributed by atoms with van der Waals surface area (Å²) in [6.07, 6.45) is 2.91. The van der Waals surface area contributed by atoms with Crippen LogP contribution in [0.5, 0.6) is 17.5 Å². The number of pyridine rings is 1. The zero-order valence-electron chi connectivity index (χ0n) is 34.8. The third-order valence-corrected chi connectivity index (χ3v) is 14.5. The molecule has 0 unspecified atom stereocenters. The largest absolute Gasteiger partial charge is 0.497 e. The van der Waals surface area contributed by atoms with E-state index in [1.807, 2.05) is 17.7 Å². The number of rotatable bonds is 11. The van der Waals surface area contributed by atoms with Crippen molar-refractivity contribution in [3.05, 3.63) is 36.4 Å². The Morgan fingerprint density at radius 3 is 2.42 bits per heavy atom. The third kappa shape index (κ3) is 8.96. The minimum Gasteiger partial charge on any atom is -0.497 e. The summed E-state index contributed by atoms with van der Waals surface area (Å²) in [4.78, 5) is 62.4. The van der Waals surface area contributed by atoms with Gasteiger partial charge in [0, 0.05) is 30.7 Å². The number of halogens is 3. The monoisotopic (exact) mass is 865 g/mol. The first-order valence-corrected chi connectivity index (χ1v) is 21.6. The Labute approximate surface area is 347 Å². The molecule has 2 aliphatic carbocycles. The maximum Gasteiger partial charge on any atom is 0.408 e. The molecule has 60 heavy (non-hydrogen) atoms. The predicted molar refractivity (Wildman–Crippen MR) is 213 cm³/mol. The summed E-state index contributed by atoms with van der Waals surface area (Å²) in [7, 11) is -1.51. The lowest BCUT2D eigenvalue weighted by Crippen LogP contribution is -2.60. The summed E-state index contributed by atoms with van der Waals surface area (Å²) >= 11 is 0. The second-order valence-electron chi connectivity index (χ2n) is 17.3. The van der Waals surface area contributed by atoms with E-state index in [-0.39, 0.29) is 49.9 Å². The minimum atomic E-state index is -4.45. The molecule has 2 aromatic rings. The maximum atomic E-state index is 14.9. The number of carbonyl (C=O) groups is 4. The number of aromatic nitrogens is 1. The van der Waals surface area contributed by atoms with Crippen molar-refractivity contribution in [3.8, 4) is 17.5 Å². The first kappa shape index (κ1) is 44.7. The lowest BCUT2D eigenvalue weighted by Gasteiger charge is -2.35. The maximum absolute atomic E-state index is 14.9. The molecule has 6 rings (SSSR count). The first-order valence-electron chi connectivity index (χ1n) is 20.1. The number of methoxy groups -OCH3 is 2. The molecule has 4 aliphatic rings.